The third-order valence-electron chi connectivity index (χ3n) is 7.13. The predicted octanol–water partition coefficient (Wildman–Crippen LogP) is 2.05. The number of fused-ring (bicyclic) bond motifs is 5. The Balaban J connectivity index is 1.34. The van der Waals surface area contributed by atoms with E-state index in [0.29, 0.717) is 80.1 Å². The number of carbonyl (C=O) groups is 1. The summed E-state index contributed by atoms with van der Waals surface area (Å²) in [7, 11) is 0. The summed E-state index contributed by atoms with van der Waals surface area (Å²) in [6.07, 6.45) is 3.42. The van der Waals surface area contributed by atoms with Crippen molar-refractivity contribution in [3.05, 3.63) is 64.6 Å². The molecule has 2 aliphatic rings. The van der Waals surface area contributed by atoms with Crippen LogP contribution in [0.1, 0.15) is 10.4 Å². The lowest BCUT2D eigenvalue weighted by Gasteiger charge is -2.34. The monoisotopic (exact) mass is 528 g/mol. The van der Waals surface area contributed by atoms with Gasteiger partial charge in [-0.3, -0.25) is 14.0 Å². The minimum atomic E-state index is -0.310. The highest BCUT2D eigenvalue weighted by Crippen LogP contribution is 2.31. The third-order valence-corrected chi connectivity index (χ3v) is 8.27. The summed E-state index contributed by atoms with van der Waals surface area (Å²) in [6.45, 7) is 4.66. The van der Waals surface area contributed by atoms with Crippen LogP contribution in [0, 0.1) is 0 Å². The Kier molecular flexibility index (Phi) is 5.63. The standard InChI is InChI=1S/C26H24N8O3S/c35-22-17-16-20(31-12-14-37-15-13-31)29-30-23(17)34-18-4-1-2-5-19(18)38-25(34)21(22)24(36)32-8-10-33(11-9-32)26-27-6-3-7-28-26/h1-7,16H,8-15H2. The molecule has 0 spiro atoms. The number of hydrogen-bond acceptors (Lipinski definition) is 10. The maximum atomic E-state index is 14.0. The fourth-order valence-corrected chi connectivity index (χ4v) is 6.33. The van der Waals surface area contributed by atoms with Crippen molar-refractivity contribution in [3.8, 4) is 0 Å². The Labute approximate surface area is 220 Å². The van der Waals surface area contributed by atoms with Crippen LogP contribution in [0.2, 0.25) is 0 Å². The molecule has 2 aliphatic heterocycles. The highest BCUT2D eigenvalue weighted by molar-refractivity contribution is 7.24. The first-order valence-electron chi connectivity index (χ1n) is 12.6. The first-order valence-corrected chi connectivity index (χ1v) is 13.4. The van der Waals surface area contributed by atoms with Gasteiger partial charge < -0.3 is 19.4 Å². The Morgan fingerprint density at radius 1 is 0.895 bits per heavy atom. The number of morpholine rings is 1. The second-order valence-electron chi connectivity index (χ2n) is 9.28. The van der Waals surface area contributed by atoms with Crippen molar-refractivity contribution in [2.24, 2.45) is 0 Å². The molecular formula is C26H24N8O3S. The van der Waals surface area contributed by atoms with Crippen molar-refractivity contribution in [1.29, 1.82) is 0 Å². The fraction of sp³-hybridized carbons (Fsp3) is 0.308. The van der Waals surface area contributed by atoms with E-state index in [1.54, 1.807) is 29.4 Å². The SMILES string of the molecule is O=C(c1c(=O)c2cc(N3CCOCC3)nnc2n2c1sc1ccccc12)N1CCN(c2ncccn2)CC1. The molecule has 0 bridgehead atoms. The number of amides is 1. The van der Waals surface area contributed by atoms with Gasteiger partial charge in [0.25, 0.3) is 5.91 Å². The van der Waals surface area contributed by atoms with Gasteiger partial charge in [-0.15, -0.1) is 21.5 Å². The number of para-hydroxylation sites is 1. The van der Waals surface area contributed by atoms with Gasteiger partial charge in [0.15, 0.2) is 11.5 Å². The van der Waals surface area contributed by atoms with Gasteiger partial charge in [0.05, 0.1) is 28.8 Å². The summed E-state index contributed by atoms with van der Waals surface area (Å²) in [6, 6.07) is 11.4. The van der Waals surface area contributed by atoms with E-state index in [-0.39, 0.29) is 16.9 Å². The molecule has 0 radical (unpaired) electrons. The molecule has 1 amide bonds. The summed E-state index contributed by atoms with van der Waals surface area (Å²) in [5.41, 5.74) is 1.23. The number of nitrogens with zero attached hydrogens (tertiary/aromatic N) is 8. The van der Waals surface area contributed by atoms with Crippen LogP contribution in [0.25, 0.3) is 26.1 Å². The van der Waals surface area contributed by atoms with Crippen LogP contribution >= 0.6 is 11.3 Å². The average molecular weight is 529 g/mol. The first-order chi connectivity index (χ1) is 18.7. The molecule has 192 valence electrons. The molecule has 7 rings (SSSR count). The lowest BCUT2D eigenvalue weighted by atomic mass is 10.1. The van der Waals surface area contributed by atoms with Crippen LogP contribution in [0.4, 0.5) is 11.8 Å². The van der Waals surface area contributed by atoms with Crippen LogP contribution in [-0.2, 0) is 4.74 Å². The summed E-state index contributed by atoms with van der Waals surface area (Å²) in [4.78, 5) is 43.1. The van der Waals surface area contributed by atoms with Gasteiger partial charge >= 0.3 is 0 Å². The number of pyridine rings is 1. The fourth-order valence-electron chi connectivity index (χ4n) is 5.16. The van der Waals surface area contributed by atoms with E-state index < -0.39 is 0 Å². The van der Waals surface area contributed by atoms with Crippen molar-refractivity contribution >= 4 is 55.1 Å². The molecule has 6 heterocycles. The molecule has 0 N–H and O–H groups in total. The minimum Gasteiger partial charge on any atom is -0.378 e. The van der Waals surface area contributed by atoms with Crippen molar-refractivity contribution in [1.82, 2.24) is 29.5 Å². The molecule has 2 saturated heterocycles. The summed E-state index contributed by atoms with van der Waals surface area (Å²) in [5.74, 6) is 0.998. The van der Waals surface area contributed by atoms with E-state index in [4.69, 9.17) is 4.74 Å². The Morgan fingerprint density at radius 3 is 2.45 bits per heavy atom. The number of benzene rings is 1. The maximum Gasteiger partial charge on any atom is 0.260 e. The van der Waals surface area contributed by atoms with Crippen molar-refractivity contribution in [3.63, 3.8) is 0 Å². The van der Waals surface area contributed by atoms with Gasteiger partial charge in [0.1, 0.15) is 10.4 Å². The summed E-state index contributed by atoms with van der Waals surface area (Å²) >= 11 is 1.43. The molecule has 5 aromatic rings. The van der Waals surface area contributed by atoms with E-state index in [2.05, 4.69) is 30.0 Å². The lowest BCUT2D eigenvalue weighted by Crippen LogP contribution is -2.50. The summed E-state index contributed by atoms with van der Waals surface area (Å²) < 4.78 is 8.35. The van der Waals surface area contributed by atoms with Crippen LogP contribution in [0.3, 0.4) is 0 Å². The number of ether oxygens (including phenoxy) is 1. The molecule has 0 atom stereocenters. The van der Waals surface area contributed by atoms with Gasteiger partial charge in [-0.25, -0.2) is 9.97 Å². The quantitative estimate of drug-likeness (QED) is 0.348. The molecule has 0 saturated carbocycles. The normalized spacial score (nSPS) is 16.6. The number of rotatable bonds is 3. The van der Waals surface area contributed by atoms with Crippen LogP contribution in [0.15, 0.2) is 53.6 Å². The number of piperazine rings is 1. The predicted molar refractivity (Wildman–Crippen MR) is 145 cm³/mol. The molecule has 2 fully saturated rings. The average Bonchev–Trinajstić information content (AvgIpc) is 3.37. The van der Waals surface area contributed by atoms with Crippen molar-refractivity contribution < 1.29 is 9.53 Å². The molecule has 1 aromatic carbocycles. The zero-order chi connectivity index (χ0) is 25.6. The Hall–Kier alpha value is -4.16. The van der Waals surface area contributed by atoms with Gasteiger partial charge in [0.2, 0.25) is 11.4 Å². The van der Waals surface area contributed by atoms with Gasteiger partial charge in [0, 0.05) is 51.7 Å². The Morgan fingerprint density at radius 2 is 1.66 bits per heavy atom. The molecule has 4 aromatic heterocycles. The van der Waals surface area contributed by atoms with Crippen molar-refractivity contribution in [2.45, 2.75) is 0 Å². The van der Waals surface area contributed by atoms with Crippen LogP contribution in [-0.4, -0.2) is 87.9 Å². The van der Waals surface area contributed by atoms with E-state index in [9.17, 15) is 9.59 Å². The van der Waals surface area contributed by atoms with Crippen LogP contribution < -0.4 is 15.2 Å². The van der Waals surface area contributed by atoms with E-state index in [1.165, 1.54) is 11.3 Å². The molecule has 11 nitrogen and oxygen atoms in total. The van der Waals surface area contributed by atoms with E-state index in [1.807, 2.05) is 28.7 Å². The molecule has 12 heteroatoms. The van der Waals surface area contributed by atoms with E-state index in [0.717, 1.165) is 10.2 Å². The second kappa shape index (κ2) is 9.30. The zero-order valence-electron chi connectivity index (χ0n) is 20.5. The van der Waals surface area contributed by atoms with Crippen LogP contribution in [0.5, 0.6) is 0 Å². The highest BCUT2D eigenvalue weighted by Gasteiger charge is 2.29. The zero-order valence-corrected chi connectivity index (χ0v) is 21.3. The van der Waals surface area contributed by atoms with Gasteiger partial charge in [-0.1, -0.05) is 12.1 Å². The highest BCUT2D eigenvalue weighted by atomic mass is 32.1. The topological polar surface area (TPSA) is 109 Å². The first kappa shape index (κ1) is 23.0. The van der Waals surface area contributed by atoms with E-state index >= 15 is 0 Å². The molecule has 38 heavy (non-hydrogen) atoms. The number of carbonyl (C=O) groups excluding carboxylic acids is 1. The number of thiazole rings is 1. The number of anilines is 2. The second-order valence-corrected chi connectivity index (χ2v) is 10.3. The van der Waals surface area contributed by atoms with Gasteiger partial charge in [-0.05, 0) is 24.3 Å². The Bertz CT molecular complexity index is 1720. The van der Waals surface area contributed by atoms with Crippen molar-refractivity contribution in [2.75, 3.05) is 62.3 Å². The number of aromatic nitrogens is 5. The maximum absolute atomic E-state index is 14.0. The smallest absolute Gasteiger partial charge is 0.260 e. The molecular weight excluding hydrogens is 504 g/mol. The number of hydrogen-bond donors (Lipinski definition) is 0. The van der Waals surface area contributed by atoms with Gasteiger partial charge in [-0.2, -0.15) is 0 Å². The lowest BCUT2D eigenvalue weighted by molar-refractivity contribution is 0.0747. The largest absolute Gasteiger partial charge is 0.378 e. The molecule has 0 aliphatic carbocycles. The third kappa shape index (κ3) is 3.75. The minimum absolute atomic E-state index is 0.184. The summed E-state index contributed by atoms with van der Waals surface area (Å²) in [5, 5.41) is 9.37. The molecule has 0 unspecified atom stereocenters.